The van der Waals surface area contributed by atoms with Gasteiger partial charge in [-0.25, -0.2) is 14.8 Å². The number of H-pyrrole nitrogens is 1. The van der Waals surface area contributed by atoms with Crippen molar-refractivity contribution in [1.29, 1.82) is 5.26 Å². The van der Waals surface area contributed by atoms with E-state index < -0.39 is 11.7 Å². The van der Waals surface area contributed by atoms with Crippen molar-refractivity contribution in [3.63, 3.8) is 0 Å². The molecule has 2 aliphatic heterocycles. The fourth-order valence-corrected chi connectivity index (χ4v) is 5.32. The fraction of sp³-hybridized carbons (Fsp3) is 0.577. The zero-order chi connectivity index (χ0) is 26.5. The zero-order valence-corrected chi connectivity index (χ0v) is 22.1. The molecule has 5 heterocycles. The molecule has 37 heavy (non-hydrogen) atoms. The normalized spacial score (nSPS) is 20.9. The number of amides is 1. The summed E-state index contributed by atoms with van der Waals surface area (Å²) in [6, 6.07) is 4.26. The number of carbonyl (C=O) groups excluding carboxylic acids is 1. The third-order valence-electron chi connectivity index (χ3n) is 7.34. The number of nitrogens with zero attached hydrogens (tertiary/aromatic N) is 7. The topological polar surface area (TPSA) is 123 Å². The molecule has 0 unspecified atom stereocenters. The minimum Gasteiger partial charge on any atom is -0.444 e. The van der Waals surface area contributed by atoms with Gasteiger partial charge in [-0.05, 0) is 53.8 Å². The Morgan fingerprint density at radius 1 is 1.30 bits per heavy atom. The summed E-state index contributed by atoms with van der Waals surface area (Å²) in [5.41, 5.74) is 1.18. The van der Waals surface area contributed by atoms with E-state index >= 15 is 0 Å². The smallest absolute Gasteiger partial charge is 0.410 e. The van der Waals surface area contributed by atoms with E-state index in [4.69, 9.17) is 14.7 Å². The van der Waals surface area contributed by atoms with Crippen molar-refractivity contribution < 1.29 is 9.53 Å². The Labute approximate surface area is 215 Å². The number of aromatic nitrogens is 4. The summed E-state index contributed by atoms with van der Waals surface area (Å²) >= 11 is 0. The monoisotopic (exact) mass is 506 g/mol. The van der Waals surface area contributed by atoms with Gasteiger partial charge in [0.1, 0.15) is 16.6 Å². The van der Waals surface area contributed by atoms with Crippen LogP contribution in [0, 0.1) is 11.3 Å². The predicted molar refractivity (Wildman–Crippen MR) is 141 cm³/mol. The molecule has 3 aromatic rings. The Balaban J connectivity index is 1.53. The van der Waals surface area contributed by atoms with Gasteiger partial charge in [0.15, 0.2) is 5.82 Å². The maximum absolute atomic E-state index is 12.9. The highest BCUT2D eigenvalue weighted by Gasteiger charge is 2.37. The average Bonchev–Trinajstić information content (AvgIpc) is 3.23. The third-order valence-corrected chi connectivity index (χ3v) is 7.34. The first-order valence-electron chi connectivity index (χ1n) is 12.7. The number of piperidine rings is 1. The van der Waals surface area contributed by atoms with Crippen molar-refractivity contribution in [2.24, 2.45) is 0 Å². The largest absolute Gasteiger partial charge is 0.444 e. The number of ether oxygens (including phenoxy) is 1. The van der Waals surface area contributed by atoms with Crippen LogP contribution in [0.3, 0.4) is 0 Å². The van der Waals surface area contributed by atoms with E-state index in [1.807, 2.05) is 33.2 Å². The van der Waals surface area contributed by atoms with Crippen LogP contribution < -0.4 is 10.5 Å². The van der Waals surface area contributed by atoms with Crippen LogP contribution in [0.1, 0.15) is 46.1 Å². The van der Waals surface area contributed by atoms with Crippen molar-refractivity contribution in [3.8, 4) is 6.07 Å². The summed E-state index contributed by atoms with van der Waals surface area (Å²) in [5, 5.41) is 10.2. The first-order chi connectivity index (χ1) is 17.6. The molecule has 0 aliphatic carbocycles. The van der Waals surface area contributed by atoms with Gasteiger partial charge in [0.25, 0.3) is 5.56 Å². The van der Waals surface area contributed by atoms with Crippen LogP contribution in [-0.2, 0) is 4.74 Å². The van der Waals surface area contributed by atoms with Crippen LogP contribution in [0.25, 0.3) is 21.9 Å². The highest BCUT2D eigenvalue weighted by atomic mass is 16.6. The summed E-state index contributed by atoms with van der Waals surface area (Å²) < 4.78 is 7.72. The summed E-state index contributed by atoms with van der Waals surface area (Å²) in [7, 11) is 4.12. The molecule has 1 N–H and O–H groups in total. The van der Waals surface area contributed by atoms with Gasteiger partial charge in [0.2, 0.25) is 0 Å². The molecule has 2 aliphatic rings. The lowest BCUT2D eigenvalue weighted by Crippen LogP contribution is -2.57. The van der Waals surface area contributed by atoms with E-state index in [1.165, 1.54) is 0 Å². The van der Waals surface area contributed by atoms with Gasteiger partial charge in [0, 0.05) is 49.3 Å². The molecule has 1 amide bonds. The van der Waals surface area contributed by atoms with Crippen molar-refractivity contribution in [2.75, 3.05) is 38.6 Å². The van der Waals surface area contributed by atoms with Crippen LogP contribution in [-0.4, -0.2) is 86.8 Å². The Bertz CT molecular complexity index is 1420. The first-order valence-corrected chi connectivity index (χ1v) is 12.7. The van der Waals surface area contributed by atoms with Crippen LogP contribution in [0.15, 0.2) is 23.4 Å². The van der Waals surface area contributed by atoms with E-state index in [0.717, 1.165) is 35.3 Å². The quantitative estimate of drug-likeness (QED) is 0.573. The number of fused-ring (bicyclic) bond motifs is 3. The highest BCUT2D eigenvalue weighted by Crippen LogP contribution is 2.37. The number of likely N-dealkylation sites (tertiary alicyclic amines) is 1. The molecule has 2 atom stereocenters. The molecule has 2 fully saturated rings. The van der Waals surface area contributed by atoms with Crippen LogP contribution in [0.4, 0.5) is 10.6 Å². The number of anilines is 1. The Morgan fingerprint density at radius 2 is 2.05 bits per heavy atom. The number of nitrogens with one attached hydrogen (secondary N) is 1. The molecular formula is C26H34N8O3. The van der Waals surface area contributed by atoms with Gasteiger partial charge in [-0.1, -0.05) is 0 Å². The molecule has 11 nitrogen and oxygen atoms in total. The first kappa shape index (κ1) is 25.0. The molecule has 2 saturated heterocycles. The van der Waals surface area contributed by atoms with Crippen LogP contribution >= 0.6 is 0 Å². The number of nitriles is 1. The van der Waals surface area contributed by atoms with Gasteiger partial charge < -0.3 is 29.0 Å². The lowest BCUT2D eigenvalue weighted by molar-refractivity contribution is 0.00618. The summed E-state index contributed by atoms with van der Waals surface area (Å²) in [5.74, 6) is 0.718. The molecule has 3 aromatic heterocycles. The van der Waals surface area contributed by atoms with Crippen molar-refractivity contribution in [2.45, 2.75) is 63.8 Å². The molecule has 0 radical (unpaired) electrons. The summed E-state index contributed by atoms with van der Waals surface area (Å²) in [4.78, 5) is 44.0. The van der Waals surface area contributed by atoms with Gasteiger partial charge in [-0.15, -0.1) is 0 Å². The minimum atomic E-state index is -0.608. The molecule has 0 aromatic carbocycles. The SMILES string of the molecule is CN(C)C1CN(c2nc3c(=O)[nH]ccc3c3c2ncn3[C@H]2CCN(C(=O)OC(C)(C)C)[C@H](CC#N)C2)C1. The number of rotatable bonds is 4. The number of pyridine rings is 2. The van der Waals surface area contributed by atoms with E-state index in [0.29, 0.717) is 30.9 Å². The zero-order valence-electron chi connectivity index (χ0n) is 22.1. The van der Waals surface area contributed by atoms with E-state index in [-0.39, 0.29) is 24.1 Å². The van der Waals surface area contributed by atoms with Gasteiger partial charge in [0.05, 0.1) is 24.3 Å². The molecule has 0 saturated carbocycles. The van der Waals surface area contributed by atoms with E-state index in [2.05, 4.69) is 39.5 Å². The predicted octanol–water partition coefficient (Wildman–Crippen LogP) is 2.88. The molecule has 196 valence electrons. The molecule has 0 bridgehead atoms. The van der Waals surface area contributed by atoms with E-state index in [1.54, 1.807) is 11.1 Å². The van der Waals surface area contributed by atoms with Crippen molar-refractivity contribution >= 4 is 33.8 Å². The second-order valence-electron chi connectivity index (χ2n) is 11.2. The Hall–Kier alpha value is -3.65. The standard InChI is InChI=1S/C26H34N8O3/c1-26(2,3)37-25(36)33-11-8-17(12-16(33)6-9-27)34-15-29-21-22(34)19-7-10-28-24(35)20(19)30-23(21)32-13-18(14-32)31(4)5/h7,10,15-18H,6,8,11-14H2,1-5H3,(H,28,35)/t16-,17+/m1/s1. The molecule has 0 spiro atoms. The Kier molecular flexibility index (Phi) is 6.31. The van der Waals surface area contributed by atoms with Gasteiger partial charge >= 0.3 is 6.09 Å². The third kappa shape index (κ3) is 4.62. The number of hydrogen-bond donors (Lipinski definition) is 1. The summed E-state index contributed by atoms with van der Waals surface area (Å²) in [6.45, 7) is 7.62. The van der Waals surface area contributed by atoms with E-state index in [9.17, 15) is 14.9 Å². The lowest BCUT2D eigenvalue weighted by Gasteiger charge is -2.43. The molecule has 11 heteroatoms. The second kappa shape index (κ2) is 9.34. The number of likely N-dealkylation sites (N-methyl/N-ethyl adjacent to an activating group) is 1. The maximum Gasteiger partial charge on any atom is 0.410 e. The number of aromatic amines is 1. The van der Waals surface area contributed by atoms with Crippen LogP contribution in [0.2, 0.25) is 0 Å². The molecule has 5 rings (SSSR count). The highest BCUT2D eigenvalue weighted by molar-refractivity contribution is 6.06. The van der Waals surface area contributed by atoms with Gasteiger partial charge in [-0.3, -0.25) is 4.79 Å². The number of hydrogen-bond acceptors (Lipinski definition) is 8. The average molecular weight is 507 g/mol. The number of imidazole rings is 1. The number of carbonyl (C=O) groups is 1. The lowest BCUT2D eigenvalue weighted by atomic mass is 9.95. The Morgan fingerprint density at radius 3 is 2.73 bits per heavy atom. The minimum absolute atomic E-state index is 0.00527. The van der Waals surface area contributed by atoms with Gasteiger partial charge in [-0.2, -0.15) is 5.26 Å². The summed E-state index contributed by atoms with van der Waals surface area (Å²) in [6.07, 6.45) is 4.55. The fourth-order valence-electron chi connectivity index (χ4n) is 5.32. The van der Waals surface area contributed by atoms with Crippen LogP contribution in [0.5, 0.6) is 0 Å². The second-order valence-corrected chi connectivity index (χ2v) is 11.2. The maximum atomic E-state index is 12.9. The van der Waals surface area contributed by atoms with Crippen molar-refractivity contribution in [1.82, 2.24) is 29.3 Å². The molecular weight excluding hydrogens is 472 g/mol. The van der Waals surface area contributed by atoms with Crippen molar-refractivity contribution in [3.05, 3.63) is 28.9 Å².